The van der Waals surface area contributed by atoms with Crippen molar-refractivity contribution in [2.24, 2.45) is 0 Å². The van der Waals surface area contributed by atoms with Gasteiger partial charge < -0.3 is 19.9 Å². The Hall–Kier alpha value is -2.99. The molecule has 1 aliphatic rings. The van der Waals surface area contributed by atoms with Crippen molar-refractivity contribution in [1.29, 1.82) is 0 Å². The summed E-state index contributed by atoms with van der Waals surface area (Å²) in [6, 6.07) is 9.22. The normalized spacial score (nSPS) is 16.5. The average molecular weight is 383 g/mol. The summed E-state index contributed by atoms with van der Waals surface area (Å²) < 4.78 is 6.05. The fraction of sp³-hybridized carbons (Fsp3) is 0.200. The minimum Gasteiger partial charge on any atom is -0.456 e. The first kappa shape index (κ1) is 17.4. The number of aromatic amines is 1. The largest absolute Gasteiger partial charge is 0.456 e. The number of carbonyl (C=O) groups is 1. The van der Waals surface area contributed by atoms with Crippen LogP contribution in [0.25, 0.3) is 11.0 Å². The highest BCUT2D eigenvalue weighted by molar-refractivity contribution is 6.30. The molecule has 7 heteroatoms. The van der Waals surface area contributed by atoms with Crippen molar-refractivity contribution in [2.45, 2.75) is 12.5 Å². The van der Waals surface area contributed by atoms with Gasteiger partial charge in [-0.15, -0.1) is 0 Å². The molecule has 0 radical (unpaired) electrons. The van der Waals surface area contributed by atoms with E-state index in [1.54, 1.807) is 23.2 Å². The molecule has 2 N–H and O–H groups in total. The number of amides is 1. The smallest absolute Gasteiger partial charge is 0.246 e. The van der Waals surface area contributed by atoms with Crippen molar-refractivity contribution in [3.63, 3.8) is 0 Å². The Morgan fingerprint density at radius 1 is 1.37 bits per heavy atom. The second-order valence-corrected chi connectivity index (χ2v) is 6.85. The summed E-state index contributed by atoms with van der Waals surface area (Å²) in [5.74, 6) is 1.36. The number of pyridine rings is 1. The van der Waals surface area contributed by atoms with Crippen molar-refractivity contribution in [1.82, 2.24) is 14.9 Å². The third-order valence-electron chi connectivity index (χ3n) is 4.61. The molecule has 6 nitrogen and oxygen atoms in total. The number of carbonyl (C=O) groups excluding carboxylic acids is 1. The van der Waals surface area contributed by atoms with Crippen LogP contribution in [-0.2, 0) is 4.79 Å². The summed E-state index contributed by atoms with van der Waals surface area (Å²) in [7, 11) is 0. The minimum atomic E-state index is -0.0355. The molecule has 3 aromatic rings. The van der Waals surface area contributed by atoms with E-state index >= 15 is 0 Å². The number of halogens is 1. The number of benzene rings is 1. The molecule has 3 heterocycles. The summed E-state index contributed by atoms with van der Waals surface area (Å²) in [4.78, 5) is 21.1. The van der Waals surface area contributed by atoms with Gasteiger partial charge in [0.1, 0.15) is 17.1 Å². The number of anilines is 1. The second-order valence-electron chi connectivity index (χ2n) is 6.41. The molecule has 1 fully saturated rings. The number of nitrogens with zero attached hydrogens (tertiary/aromatic N) is 2. The van der Waals surface area contributed by atoms with E-state index in [2.05, 4.69) is 21.9 Å². The first-order valence-corrected chi connectivity index (χ1v) is 9.09. The molecule has 27 heavy (non-hydrogen) atoms. The number of likely N-dealkylation sites (tertiary alicyclic amines) is 1. The van der Waals surface area contributed by atoms with E-state index in [1.807, 2.05) is 24.4 Å². The van der Waals surface area contributed by atoms with Crippen molar-refractivity contribution >= 4 is 34.2 Å². The zero-order valence-corrected chi connectivity index (χ0v) is 15.4. The molecule has 1 amide bonds. The highest BCUT2D eigenvalue weighted by Crippen LogP contribution is 2.35. The molecule has 1 aliphatic heterocycles. The quantitative estimate of drug-likeness (QED) is 0.648. The van der Waals surface area contributed by atoms with Gasteiger partial charge in [0.2, 0.25) is 5.91 Å². The molecule has 1 aromatic carbocycles. The van der Waals surface area contributed by atoms with Crippen LogP contribution in [0.1, 0.15) is 6.42 Å². The Morgan fingerprint density at radius 3 is 2.96 bits per heavy atom. The number of rotatable bonds is 5. The van der Waals surface area contributed by atoms with Gasteiger partial charge in [-0.05, 0) is 42.8 Å². The fourth-order valence-corrected chi connectivity index (χ4v) is 3.41. The predicted molar refractivity (Wildman–Crippen MR) is 106 cm³/mol. The number of aromatic nitrogens is 2. The maximum absolute atomic E-state index is 11.8. The van der Waals surface area contributed by atoms with Gasteiger partial charge in [-0.25, -0.2) is 4.98 Å². The van der Waals surface area contributed by atoms with Gasteiger partial charge in [0.05, 0.1) is 11.1 Å². The van der Waals surface area contributed by atoms with Gasteiger partial charge in [-0.3, -0.25) is 4.79 Å². The molecule has 2 aromatic heterocycles. The molecule has 0 aliphatic carbocycles. The van der Waals surface area contributed by atoms with Crippen LogP contribution in [0, 0.1) is 0 Å². The summed E-state index contributed by atoms with van der Waals surface area (Å²) in [6.07, 6.45) is 5.81. The Kier molecular flexibility index (Phi) is 4.73. The van der Waals surface area contributed by atoms with Gasteiger partial charge in [-0.2, -0.15) is 0 Å². The average Bonchev–Trinajstić information content (AvgIpc) is 3.31. The van der Waals surface area contributed by atoms with E-state index < -0.39 is 0 Å². The van der Waals surface area contributed by atoms with E-state index in [0.29, 0.717) is 23.1 Å². The molecule has 0 bridgehead atoms. The lowest BCUT2D eigenvalue weighted by Crippen LogP contribution is -2.30. The molecule has 0 spiro atoms. The molecular weight excluding hydrogens is 364 g/mol. The van der Waals surface area contributed by atoms with Gasteiger partial charge in [-0.1, -0.05) is 18.2 Å². The summed E-state index contributed by atoms with van der Waals surface area (Å²) in [5.41, 5.74) is 1.64. The zero-order chi connectivity index (χ0) is 18.8. The lowest BCUT2D eigenvalue weighted by molar-refractivity contribution is -0.125. The fourth-order valence-electron chi connectivity index (χ4n) is 3.28. The summed E-state index contributed by atoms with van der Waals surface area (Å²) in [5, 5.41) is 5.04. The third kappa shape index (κ3) is 3.61. The van der Waals surface area contributed by atoms with Crippen LogP contribution in [0.5, 0.6) is 11.5 Å². The molecule has 0 unspecified atom stereocenters. The standard InChI is InChI=1S/C20H19ClN4O2/c1-2-18(26)25-10-8-14(12-25)24-16-11-23-20-19(16)17(7-9-22-20)27-15-5-3-13(21)4-6-15/h2-7,9,11,14,24H,1,8,10,12H2,(H,22,23)/t14-/m1/s1. The first-order valence-electron chi connectivity index (χ1n) is 8.71. The number of nitrogens with one attached hydrogen (secondary N) is 2. The number of ether oxygens (including phenoxy) is 1. The SMILES string of the molecule is C=CC(=O)N1CC[C@@H](Nc2c[nH]c3nccc(Oc4ccc(Cl)cc4)c23)C1. The summed E-state index contributed by atoms with van der Waals surface area (Å²) in [6.45, 7) is 4.92. The van der Waals surface area contributed by atoms with Crippen LogP contribution in [0.15, 0.2) is 55.4 Å². The van der Waals surface area contributed by atoms with Crippen LogP contribution in [0.4, 0.5) is 5.69 Å². The Morgan fingerprint density at radius 2 is 2.19 bits per heavy atom. The van der Waals surface area contributed by atoms with Crippen molar-refractivity contribution < 1.29 is 9.53 Å². The number of hydrogen-bond donors (Lipinski definition) is 2. The van der Waals surface area contributed by atoms with E-state index in [9.17, 15) is 4.79 Å². The Balaban J connectivity index is 1.58. The van der Waals surface area contributed by atoms with E-state index in [4.69, 9.17) is 16.3 Å². The van der Waals surface area contributed by atoms with Gasteiger partial charge in [0.25, 0.3) is 0 Å². The van der Waals surface area contributed by atoms with E-state index in [-0.39, 0.29) is 11.9 Å². The molecular formula is C20H19ClN4O2. The van der Waals surface area contributed by atoms with Crippen LogP contribution in [-0.4, -0.2) is 39.9 Å². The second kappa shape index (κ2) is 7.32. The van der Waals surface area contributed by atoms with Crippen LogP contribution in [0.3, 0.4) is 0 Å². The third-order valence-corrected chi connectivity index (χ3v) is 4.86. The highest BCUT2D eigenvalue weighted by atomic mass is 35.5. The summed E-state index contributed by atoms with van der Waals surface area (Å²) >= 11 is 5.94. The zero-order valence-electron chi connectivity index (χ0n) is 14.6. The van der Waals surface area contributed by atoms with Gasteiger partial charge in [0.15, 0.2) is 0 Å². The highest BCUT2D eigenvalue weighted by Gasteiger charge is 2.25. The lowest BCUT2D eigenvalue weighted by atomic mass is 10.2. The number of H-pyrrole nitrogens is 1. The van der Waals surface area contributed by atoms with Gasteiger partial charge in [0, 0.05) is 36.5 Å². The van der Waals surface area contributed by atoms with Crippen LogP contribution in [0.2, 0.25) is 5.02 Å². The predicted octanol–water partition coefficient (Wildman–Crippen LogP) is 4.21. The molecule has 138 valence electrons. The van der Waals surface area contributed by atoms with E-state index in [1.165, 1.54) is 6.08 Å². The number of hydrogen-bond acceptors (Lipinski definition) is 4. The van der Waals surface area contributed by atoms with E-state index in [0.717, 1.165) is 29.7 Å². The van der Waals surface area contributed by atoms with Gasteiger partial charge >= 0.3 is 0 Å². The molecule has 0 saturated carbocycles. The molecule has 1 saturated heterocycles. The molecule has 1 atom stereocenters. The topological polar surface area (TPSA) is 70.2 Å². The van der Waals surface area contributed by atoms with Crippen molar-refractivity contribution in [3.8, 4) is 11.5 Å². The van der Waals surface area contributed by atoms with Crippen LogP contribution >= 0.6 is 11.6 Å². The first-order chi connectivity index (χ1) is 13.1. The van der Waals surface area contributed by atoms with Crippen molar-refractivity contribution in [2.75, 3.05) is 18.4 Å². The number of fused-ring (bicyclic) bond motifs is 1. The monoisotopic (exact) mass is 382 g/mol. The minimum absolute atomic E-state index is 0.0355. The van der Waals surface area contributed by atoms with Crippen LogP contribution < -0.4 is 10.1 Å². The lowest BCUT2D eigenvalue weighted by Gasteiger charge is -2.16. The Labute approximate surface area is 161 Å². The maximum atomic E-state index is 11.8. The Bertz CT molecular complexity index is 983. The van der Waals surface area contributed by atoms with Crippen molar-refractivity contribution in [3.05, 3.63) is 60.4 Å². The molecule has 4 rings (SSSR count). The maximum Gasteiger partial charge on any atom is 0.246 e.